The van der Waals surface area contributed by atoms with Crippen molar-refractivity contribution in [1.82, 2.24) is 5.32 Å². The Bertz CT molecular complexity index is 394. The van der Waals surface area contributed by atoms with Crippen molar-refractivity contribution in [3.8, 4) is 0 Å². The molecule has 0 saturated heterocycles. The summed E-state index contributed by atoms with van der Waals surface area (Å²) >= 11 is 1.72. The lowest BCUT2D eigenvalue weighted by Crippen LogP contribution is -2.24. The van der Waals surface area contributed by atoms with E-state index >= 15 is 0 Å². The smallest absolute Gasteiger partial charge is 0.261 e. The molecule has 3 rings (SSSR count). The van der Waals surface area contributed by atoms with Gasteiger partial charge in [-0.1, -0.05) is 12.8 Å². The second kappa shape index (κ2) is 4.81. The first-order valence-corrected chi connectivity index (χ1v) is 7.57. The van der Waals surface area contributed by atoms with Gasteiger partial charge in [-0.3, -0.25) is 4.79 Å². The molecule has 2 aliphatic carbocycles. The predicted molar refractivity (Wildman–Crippen MR) is 70.7 cm³/mol. The third-order valence-electron chi connectivity index (χ3n) is 3.63. The van der Waals surface area contributed by atoms with Crippen LogP contribution in [0.2, 0.25) is 0 Å². The maximum absolute atomic E-state index is 12.0. The number of fused-ring (bicyclic) bond motifs is 1. The fourth-order valence-corrected chi connectivity index (χ4v) is 3.60. The van der Waals surface area contributed by atoms with Crippen molar-refractivity contribution in [1.29, 1.82) is 0 Å². The Morgan fingerprint density at radius 2 is 1.94 bits per heavy atom. The molecule has 0 aromatic carbocycles. The van der Waals surface area contributed by atoms with Crippen LogP contribution in [0.3, 0.4) is 0 Å². The fraction of sp³-hybridized carbons (Fsp3) is 0.643. The molecule has 92 valence electrons. The van der Waals surface area contributed by atoms with Crippen LogP contribution in [0.25, 0.3) is 0 Å². The molecule has 2 nitrogen and oxygen atoms in total. The number of hydrogen-bond acceptors (Lipinski definition) is 2. The van der Waals surface area contributed by atoms with Crippen molar-refractivity contribution >= 4 is 17.2 Å². The highest BCUT2D eigenvalue weighted by molar-refractivity contribution is 7.14. The number of nitrogens with one attached hydrogen (secondary N) is 1. The van der Waals surface area contributed by atoms with Crippen LogP contribution in [0.15, 0.2) is 6.07 Å². The Morgan fingerprint density at radius 3 is 2.71 bits per heavy atom. The Morgan fingerprint density at radius 1 is 1.18 bits per heavy atom. The summed E-state index contributed by atoms with van der Waals surface area (Å²) in [6.45, 7) is 0. The van der Waals surface area contributed by atoms with Gasteiger partial charge >= 0.3 is 0 Å². The van der Waals surface area contributed by atoms with Gasteiger partial charge in [0.25, 0.3) is 5.91 Å². The van der Waals surface area contributed by atoms with E-state index in [4.69, 9.17) is 0 Å². The minimum absolute atomic E-state index is 0.157. The van der Waals surface area contributed by atoms with Gasteiger partial charge < -0.3 is 5.32 Å². The zero-order valence-corrected chi connectivity index (χ0v) is 10.9. The monoisotopic (exact) mass is 249 g/mol. The lowest BCUT2D eigenvalue weighted by Gasteiger charge is -2.07. The highest BCUT2D eigenvalue weighted by Crippen LogP contribution is 2.29. The molecule has 1 saturated carbocycles. The predicted octanol–water partition coefficient (Wildman–Crippen LogP) is 3.30. The van der Waals surface area contributed by atoms with Crippen molar-refractivity contribution in [2.45, 2.75) is 57.4 Å². The van der Waals surface area contributed by atoms with E-state index in [0.29, 0.717) is 6.04 Å². The standard InChI is InChI=1S/C14H19NOS/c16-14(15-11-7-8-11)13-9-10-5-3-1-2-4-6-12(10)17-13/h9,11H,1-8H2,(H,15,16). The topological polar surface area (TPSA) is 29.1 Å². The van der Waals surface area contributed by atoms with Gasteiger partial charge in [0.15, 0.2) is 0 Å². The van der Waals surface area contributed by atoms with Crippen LogP contribution in [-0.2, 0) is 12.8 Å². The van der Waals surface area contributed by atoms with Crippen molar-refractivity contribution in [2.75, 3.05) is 0 Å². The lowest BCUT2D eigenvalue weighted by molar-refractivity contribution is 0.0955. The van der Waals surface area contributed by atoms with Crippen molar-refractivity contribution < 1.29 is 4.79 Å². The molecule has 0 radical (unpaired) electrons. The van der Waals surface area contributed by atoms with E-state index in [0.717, 1.165) is 17.7 Å². The number of carbonyl (C=O) groups is 1. The highest BCUT2D eigenvalue weighted by atomic mass is 32.1. The van der Waals surface area contributed by atoms with E-state index < -0.39 is 0 Å². The van der Waals surface area contributed by atoms with Crippen LogP contribution in [0.1, 0.15) is 58.6 Å². The molecule has 1 fully saturated rings. The van der Waals surface area contributed by atoms with Gasteiger partial charge in [-0.25, -0.2) is 0 Å². The molecule has 1 aromatic heterocycles. The molecule has 0 spiro atoms. The number of aryl methyl sites for hydroxylation is 2. The van der Waals surface area contributed by atoms with Crippen LogP contribution in [0, 0.1) is 0 Å². The summed E-state index contributed by atoms with van der Waals surface area (Å²) in [6, 6.07) is 2.61. The summed E-state index contributed by atoms with van der Waals surface area (Å²) in [5.41, 5.74) is 1.44. The first kappa shape index (κ1) is 11.3. The highest BCUT2D eigenvalue weighted by Gasteiger charge is 2.25. The Hall–Kier alpha value is -0.830. The second-order valence-corrected chi connectivity index (χ2v) is 6.36. The molecule has 0 atom stereocenters. The van der Waals surface area contributed by atoms with Gasteiger partial charge in [0, 0.05) is 10.9 Å². The molecular weight excluding hydrogens is 230 g/mol. The largest absolute Gasteiger partial charge is 0.349 e. The van der Waals surface area contributed by atoms with E-state index in [1.54, 1.807) is 11.3 Å². The molecule has 1 N–H and O–H groups in total. The second-order valence-electron chi connectivity index (χ2n) is 5.22. The van der Waals surface area contributed by atoms with E-state index in [1.165, 1.54) is 49.0 Å². The molecule has 1 aromatic rings. The average molecular weight is 249 g/mol. The molecule has 2 aliphatic rings. The molecular formula is C14H19NOS. The first-order valence-electron chi connectivity index (χ1n) is 6.75. The van der Waals surface area contributed by atoms with Crippen LogP contribution in [-0.4, -0.2) is 11.9 Å². The van der Waals surface area contributed by atoms with Gasteiger partial charge in [0.1, 0.15) is 0 Å². The van der Waals surface area contributed by atoms with Crippen LogP contribution >= 0.6 is 11.3 Å². The van der Waals surface area contributed by atoms with Crippen LogP contribution in [0.4, 0.5) is 0 Å². The number of thiophene rings is 1. The summed E-state index contributed by atoms with van der Waals surface area (Å²) in [7, 11) is 0. The molecule has 1 amide bonds. The molecule has 0 bridgehead atoms. The summed E-state index contributed by atoms with van der Waals surface area (Å²) in [5.74, 6) is 0.157. The molecule has 1 heterocycles. The normalized spacial score (nSPS) is 20.2. The Kier molecular flexibility index (Phi) is 3.19. The number of hydrogen-bond donors (Lipinski definition) is 1. The van der Waals surface area contributed by atoms with E-state index in [9.17, 15) is 4.79 Å². The third-order valence-corrected chi connectivity index (χ3v) is 4.87. The lowest BCUT2D eigenvalue weighted by atomic mass is 10.00. The zero-order chi connectivity index (χ0) is 11.7. The summed E-state index contributed by atoms with van der Waals surface area (Å²) in [5, 5.41) is 3.08. The molecule has 3 heteroatoms. The van der Waals surface area contributed by atoms with Gasteiger partial charge in [-0.05, 0) is 50.2 Å². The van der Waals surface area contributed by atoms with Crippen LogP contribution < -0.4 is 5.32 Å². The minimum atomic E-state index is 0.157. The van der Waals surface area contributed by atoms with Crippen molar-refractivity contribution in [2.24, 2.45) is 0 Å². The number of amides is 1. The first-order chi connectivity index (χ1) is 8.33. The number of carbonyl (C=O) groups excluding carboxylic acids is 1. The van der Waals surface area contributed by atoms with E-state index in [1.807, 2.05) is 0 Å². The Labute approximate surface area is 106 Å². The minimum Gasteiger partial charge on any atom is -0.349 e. The van der Waals surface area contributed by atoms with Gasteiger partial charge in [-0.15, -0.1) is 11.3 Å². The molecule has 17 heavy (non-hydrogen) atoms. The Balaban J connectivity index is 1.76. The van der Waals surface area contributed by atoms with E-state index in [2.05, 4.69) is 11.4 Å². The van der Waals surface area contributed by atoms with E-state index in [-0.39, 0.29) is 5.91 Å². The summed E-state index contributed by atoms with van der Waals surface area (Å²) in [4.78, 5) is 14.4. The maximum Gasteiger partial charge on any atom is 0.261 e. The maximum atomic E-state index is 12.0. The molecule has 0 unspecified atom stereocenters. The SMILES string of the molecule is O=C(NC1CC1)c1cc2c(s1)CCCCCC2. The van der Waals surface area contributed by atoms with Crippen molar-refractivity contribution in [3.05, 3.63) is 21.4 Å². The zero-order valence-electron chi connectivity index (χ0n) is 10.1. The average Bonchev–Trinajstić information content (AvgIpc) is 3.00. The number of rotatable bonds is 2. The van der Waals surface area contributed by atoms with Crippen molar-refractivity contribution in [3.63, 3.8) is 0 Å². The van der Waals surface area contributed by atoms with Crippen LogP contribution in [0.5, 0.6) is 0 Å². The summed E-state index contributed by atoms with van der Waals surface area (Å²) < 4.78 is 0. The van der Waals surface area contributed by atoms with Gasteiger partial charge in [0.2, 0.25) is 0 Å². The summed E-state index contributed by atoms with van der Waals surface area (Å²) in [6.07, 6.45) is 9.94. The van der Waals surface area contributed by atoms with Gasteiger partial charge in [-0.2, -0.15) is 0 Å². The molecule has 0 aliphatic heterocycles. The third kappa shape index (κ3) is 2.71. The fourth-order valence-electron chi connectivity index (χ4n) is 2.44. The quantitative estimate of drug-likeness (QED) is 0.856. The van der Waals surface area contributed by atoms with Gasteiger partial charge in [0.05, 0.1) is 4.88 Å².